The number of fused-ring (bicyclic) bond motifs is 10. The van der Waals surface area contributed by atoms with Gasteiger partial charge in [-0.05, 0) is 184 Å². The second-order valence-electron chi connectivity index (χ2n) is 30.7. The van der Waals surface area contributed by atoms with Gasteiger partial charge in [0.25, 0.3) is 5.91 Å². The molecule has 516 valence electrons. The molecular formula is C81H111N3O11. The molecule has 1 aliphatic carbocycles. The second-order valence-corrected chi connectivity index (χ2v) is 30.7. The number of carbonyl (C=O) groups is 4. The molecule has 6 aromatic carbocycles. The summed E-state index contributed by atoms with van der Waals surface area (Å²) in [6.45, 7) is 43.4. The van der Waals surface area contributed by atoms with Crippen LogP contribution in [0.1, 0.15) is 233 Å². The summed E-state index contributed by atoms with van der Waals surface area (Å²) in [7, 11) is 0. The molecule has 14 heteroatoms. The van der Waals surface area contributed by atoms with Crippen LogP contribution in [0.25, 0.3) is 21.8 Å². The van der Waals surface area contributed by atoms with Crippen molar-refractivity contribution in [2.45, 2.75) is 232 Å². The van der Waals surface area contributed by atoms with Crippen molar-refractivity contribution in [3.8, 4) is 23.0 Å². The number of carbonyl (C=O) groups excluding carboxylic acids is 4. The van der Waals surface area contributed by atoms with Gasteiger partial charge in [-0.25, -0.2) is 19.4 Å². The zero-order valence-corrected chi connectivity index (χ0v) is 59.7. The van der Waals surface area contributed by atoms with Crippen LogP contribution in [0, 0.1) is 6.92 Å². The van der Waals surface area contributed by atoms with Crippen LogP contribution in [-0.2, 0) is 75.3 Å². The lowest BCUT2D eigenvalue weighted by atomic mass is 9.80. The number of nitrogens with one attached hydrogen (secondary N) is 2. The van der Waals surface area contributed by atoms with E-state index in [2.05, 4.69) is 154 Å². The topological polar surface area (TPSA) is 170 Å². The van der Waals surface area contributed by atoms with Crippen LogP contribution in [0.3, 0.4) is 0 Å². The van der Waals surface area contributed by atoms with Crippen LogP contribution < -0.4 is 29.6 Å². The first-order valence-electron chi connectivity index (χ1n) is 32.8. The molecule has 0 fully saturated rings. The lowest BCUT2D eigenvalue weighted by Gasteiger charge is -2.29. The number of esters is 3. The molecule has 14 nitrogen and oxygen atoms in total. The molecule has 1 aliphatic rings. The predicted molar refractivity (Wildman–Crippen MR) is 389 cm³/mol. The van der Waals surface area contributed by atoms with E-state index >= 15 is 0 Å². The Morgan fingerprint density at radius 1 is 0.400 bits per heavy atom. The number of nitrogens with zero attached hydrogens (tertiary/aromatic N) is 1. The van der Waals surface area contributed by atoms with Crippen molar-refractivity contribution in [1.29, 1.82) is 0 Å². The highest BCUT2D eigenvalue weighted by Crippen LogP contribution is 2.44. The van der Waals surface area contributed by atoms with Crippen molar-refractivity contribution in [3.63, 3.8) is 0 Å². The van der Waals surface area contributed by atoms with Gasteiger partial charge in [-0.3, -0.25) is 4.79 Å². The van der Waals surface area contributed by atoms with Crippen LogP contribution in [0.2, 0.25) is 0 Å². The highest BCUT2D eigenvalue weighted by atomic mass is 16.6. The molecule has 0 unspecified atom stereocenters. The summed E-state index contributed by atoms with van der Waals surface area (Å²) in [4.78, 5) is 60.9. The van der Waals surface area contributed by atoms with Gasteiger partial charge in [-0.2, -0.15) is 0 Å². The molecule has 95 heavy (non-hydrogen) atoms. The van der Waals surface area contributed by atoms with E-state index in [1.54, 1.807) is 0 Å². The summed E-state index contributed by atoms with van der Waals surface area (Å²) in [5.41, 5.74) is 9.60. The Hall–Kier alpha value is -8.13. The van der Waals surface area contributed by atoms with Crippen molar-refractivity contribution in [1.82, 2.24) is 4.98 Å². The van der Waals surface area contributed by atoms with Gasteiger partial charge in [-0.15, -0.1) is 0 Å². The number of anilines is 2. The molecular weight excluding hydrogens is 1190 g/mol. The number of pyridine rings is 1. The largest absolute Gasteiger partial charge is 0.483 e. The molecule has 0 atom stereocenters. The molecule has 1 aromatic heterocycles. The normalized spacial score (nSPS) is 12.6. The Balaban J connectivity index is 0.00000320. The fourth-order valence-electron chi connectivity index (χ4n) is 11.2. The molecule has 0 spiro atoms. The van der Waals surface area contributed by atoms with Gasteiger partial charge in [-0.1, -0.05) is 164 Å². The highest BCUT2D eigenvalue weighted by Gasteiger charge is 2.31. The first-order chi connectivity index (χ1) is 43.2. The van der Waals surface area contributed by atoms with E-state index in [0.29, 0.717) is 28.7 Å². The van der Waals surface area contributed by atoms with E-state index in [0.717, 1.165) is 101 Å². The van der Waals surface area contributed by atoms with Crippen molar-refractivity contribution in [2.75, 3.05) is 43.6 Å². The van der Waals surface area contributed by atoms with E-state index < -0.39 is 52.1 Å². The summed E-state index contributed by atoms with van der Waals surface area (Å²) in [6, 6.07) is 30.9. The third kappa shape index (κ3) is 22.0. The van der Waals surface area contributed by atoms with E-state index in [9.17, 15) is 19.2 Å². The van der Waals surface area contributed by atoms with E-state index in [1.807, 2.05) is 99.6 Å². The summed E-state index contributed by atoms with van der Waals surface area (Å²) in [5, 5.41) is 8.41. The summed E-state index contributed by atoms with van der Waals surface area (Å²) in [5.74, 6) is -0.103. The van der Waals surface area contributed by atoms with Gasteiger partial charge < -0.3 is 43.8 Å². The van der Waals surface area contributed by atoms with Crippen molar-refractivity contribution in [3.05, 3.63) is 158 Å². The Morgan fingerprint density at radius 3 is 0.979 bits per heavy atom. The average molecular weight is 1300 g/mol. The number of amides is 1. The number of ether oxygens (including phenoxy) is 7. The third-order valence-corrected chi connectivity index (χ3v) is 15.1. The molecule has 8 bridgehead atoms. The predicted octanol–water partition coefficient (Wildman–Crippen LogP) is 18.6. The van der Waals surface area contributed by atoms with E-state index in [1.165, 1.54) is 6.42 Å². The van der Waals surface area contributed by atoms with Gasteiger partial charge in [0.05, 0.1) is 11.0 Å². The molecule has 2 N–H and O–H groups in total. The Labute approximate surface area is 568 Å². The van der Waals surface area contributed by atoms with Gasteiger partial charge in [0.1, 0.15) is 39.8 Å². The van der Waals surface area contributed by atoms with Crippen LogP contribution in [0.5, 0.6) is 23.0 Å². The molecule has 0 radical (unpaired) electrons. The minimum atomic E-state index is -0.784. The molecule has 1 heterocycles. The first kappa shape index (κ1) is 77.6. The number of rotatable bonds is 15. The fourth-order valence-corrected chi connectivity index (χ4v) is 11.2. The standard InChI is InChI=1S/C76H95N3O11.C3H8.2CH4/c1-21-77-59-24-22-46-28-47-23-25-60(40-62(47)79-61(46)39-59)78-63(80)41-84-68-50-29-48-26-45(2)27-49(67(48)85-42-64(81)88-74(12,13)14)30-51-34-57(72(6,7)8)37-54(69(51)86-43-65(82)89-75(15,16)17)32-55-38-58(73(9,10)11)36-53(31-52(68)35-56(33-50)71(3,4)5)70(55)87-44-66(83)90-76(18,19)20;1-3-2;;/h22-28,33-40,77H,21,29-32,41-44H2,1-20H3,(H,78,80);3H2,1-2H3;2*1H4. The fraction of sp³-hybridized carbons (Fsp3) is 0.494. The number of aromatic nitrogens is 1. The average Bonchev–Trinajstić information content (AvgIpc) is 0.774. The molecule has 7 aromatic rings. The minimum absolute atomic E-state index is 0. The first-order valence-corrected chi connectivity index (χ1v) is 32.8. The lowest BCUT2D eigenvalue weighted by molar-refractivity contribution is -0.158. The smallest absolute Gasteiger partial charge is 0.344 e. The Morgan fingerprint density at radius 2 is 0.684 bits per heavy atom. The SMILES string of the molecule is C.C.CCC.CCNc1ccc2cc3ccc(NC(=O)COc4c5cc(C(C)(C)C)cc4Cc4cc(C(C)(C)C)cc(c4OCC(=O)OC(C)(C)C)Cc4cc(C(C)(C)C)cc(c4OCC(=O)OC(C)(C)C)Cc4cc(C)cc(c4OCC(=O)OC(C)(C)C)C5)cc3nc2c1. The summed E-state index contributed by atoms with van der Waals surface area (Å²) in [6.07, 6.45) is 2.18. The number of benzene rings is 6. The second kappa shape index (κ2) is 31.2. The van der Waals surface area contributed by atoms with Gasteiger partial charge in [0.15, 0.2) is 26.4 Å². The number of hydrogen-bond donors (Lipinski definition) is 2. The Kier molecular flexibility index (Phi) is 25.5. The van der Waals surface area contributed by atoms with Crippen molar-refractivity contribution in [2.24, 2.45) is 0 Å². The monoisotopic (exact) mass is 1300 g/mol. The van der Waals surface area contributed by atoms with Crippen LogP contribution in [0.15, 0.2) is 91.0 Å². The molecule has 0 aliphatic heterocycles. The zero-order chi connectivity index (χ0) is 68.8. The maximum Gasteiger partial charge on any atom is 0.344 e. The van der Waals surface area contributed by atoms with E-state index in [4.69, 9.17) is 38.1 Å². The van der Waals surface area contributed by atoms with Gasteiger partial charge >= 0.3 is 17.9 Å². The summed E-state index contributed by atoms with van der Waals surface area (Å²) < 4.78 is 45.1. The van der Waals surface area contributed by atoms with E-state index in [-0.39, 0.29) is 71.7 Å². The van der Waals surface area contributed by atoms with Gasteiger partial charge in [0, 0.05) is 54.4 Å². The minimum Gasteiger partial charge on any atom is -0.483 e. The van der Waals surface area contributed by atoms with Crippen molar-refractivity contribution < 1.29 is 52.3 Å². The maximum absolute atomic E-state index is 14.5. The lowest BCUT2D eigenvalue weighted by Crippen LogP contribution is -2.28. The maximum atomic E-state index is 14.5. The Bertz CT molecular complexity index is 3870. The van der Waals surface area contributed by atoms with Crippen molar-refractivity contribution >= 4 is 57.0 Å². The highest BCUT2D eigenvalue weighted by molar-refractivity contribution is 5.98. The third-order valence-electron chi connectivity index (χ3n) is 15.1. The summed E-state index contributed by atoms with van der Waals surface area (Å²) >= 11 is 0. The zero-order valence-electron chi connectivity index (χ0n) is 59.7. The molecule has 8 rings (SSSR count). The quantitative estimate of drug-likeness (QED) is 0.0565. The molecule has 0 saturated heterocycles. The number of aryl methyl sites for hydroxylation is 1. The van der Waals surface area contributed by atoms with Crippen LogP contribution in [0.4, 0.5) is 11.4 Å². The van der Waals surface area contributed by atoms with Gasteiger partial charge in [0.2, 0.25) is 0 Å². The van der Waals surface area contributed by atoms with Crippen LogP contribution >= 0.6 is 0 Å². The van der Waals surface area contributed by atoms with Crippen LogP contribution in [-0.4, -0.2) is 78.6 Å². The molecule has 0 saturated carbocycles. The number of hydrogen-bond acceptors (Lipinski definition) is 13. The molecule has 1 amide bonds.